The Kier molecular flexibility index (Phi) is 10.5. The third-order valence-electron chi connectivity index (χ3n) is 12.4. The van der Waals surface area contributed by atoms with E-state index in [0.29, 0.717) is 46.0 Å². The number of halogens is 1. The van der Waals surface area contributed by atoms with Crippen LogP contribution in [0.2, 0.25) is 0 Å². The predicted octanol–water partition coefficient (Wildman–Crippen LogP) is 13.8. The molecule has 0 atom stereocenters. The van der Waals surface area contributed by atoms with Crippen LogP contribution in [0, 0.1) is 0 Å². The smallest absolute Gasteiger partial charge is 0.370 e. The topological polar surface area (TPSA) is 84.0 Å². The molecule has 0 saturated heterocycles. The number of rotatable bonds is 8. The second-order valence-electron chi connectivity index (χ2n) is 16.8. The first-order valence-corrected chi connectivity index (χ1v) is 28.6. The van der Waals surface area contributed by atoms with Crippen LogP contribution in [0.5, 0.6) is 0 Å². The molecule has 14 heteroatoms. The minimum absolute atomic E-state index is 0.570. The third kappa shape index (κ3) is 7.43. The third-order valence-corrected chi connectivity index (χ3v) is 19.4. The van der Waals surface area contributed by atoms with E-state index in [9.17, 15) is 0 Å². The number of hydrogen-bond donors (Lipinski definition) is 0. The number of nitrogens with zero attached hydrogens (tertiary/aromatic N) is 8. The Balaban J connectivity index is 1.07. The summed E-state index contributed by atoms with van der Waals surface area (Å²) in [5.41, 5.74) is 4.96. The van der Waals surface area contributed by atoms with Crippen molar-refractivity contribution >= 4 is 127 Å². The van der Waals surface area contributed by atoms with E-state index in [1.54, 1.807) is 47.0 Å². The molecule has 0 N–H and O–H groups in total. The van der Waals surface area contributed by atoms with E-state index >= 15 is 0 Å². The van der Waals surface area contributed by atoms with Gasteiger partial charge in [-0.2, -0.15) is 10.0 Å². The molecule has 4 aliphatic heterocycles. The SMILES string of the molecule is [Cl][Al]1[n]2c3c4cc(Sc5ccccc5)ccc4c2N=C2N=C(N=c4c5cc(Sc6ccccc6)ccc5c([n]41)=NC1=NC(=N3)c3ccc(Sc4ccccc4)cc31)c1ccc(Sc3ccccc3)cc12. The number of amidine groups is 4. The molecule has 0 radical (unpaired) electrons. The summed E-state index contributed by atoms with van der Waals surface area (Å²) < 4.78 is 4.33. The maximum absolute atomic E-state index is 8.31. The van der Waals surface area contributed by atoms with Crippen molar-refractivity contribution in [1.82, 2.24) is 7.10 Å². The van der Waals surface area contributed by atoms with Crippen molar-refractivity contribution in [2.45, 2.75) is 39.2 Å². The van der Waals surface area contributed by atoms with Gasteiger partial charge in [0.1, 0.15) is 22.6 Å². The lowest BCUT2D eigenvalue weighted by molar-refractivity contribution is 0.983. The van der Waals surface area contributed by atoms with Gasteiger partial charge in [-0.25, -0.2) is 30.0 Å². The lowest BCUT2D eigenvalue weighted by Gasteiger charge is -2.15. The van der Waals surface area contributed by atoms with Crippen LogP contribution in [0.3, 0.4) is 0 Å². The molecule has 0 saturated carbocycles. The Labute approximate surface area is 427 Å². The highest BCUT2D eigenvalue weighted by atomic mass is 35.6. The molecule has 0 unspecified atom stereocenters. The molecule has 0 amide bonds. The largest absolute Gasteiger partial charge is 0.722 e. The molecule has 0 aliphatic carbocycles. The van der Waals surface area contributed by atoms with E-state index in [1.165, 1.54) is 0 Å². The predicted molar refractivity (Wildman–Crippen MR) is 289 cm³/mol. The molecule has 14 rings (SSSR count). The minimum Gasteiger partial charge on any atom is -0.370 e. The molecule has 10 aromatic rings. The maximum atomic E-state index is 8.31. The summed E-state index contributed by atoms with van der Waals surface area (Å²) in [5.74, 6) is 3.64. The normalized spacial score (nSPS) is 14.0. The van der Waals surface area contributed by atoms with E-state index in [4.69, 9.17) is 40.0 Å². The van der Waals surface area contributed by atoms with Gasteiger partial charge in [0.05, 0.1) is 0 Å². The van der Waals surface area contributed by atoms with Crippen LogP contribution in [0.4, 0.5) is 11.6 Å². The van der Waals surface area contributed by atoms with Crippen molar-refractivity contribution in [3.8, 4) is 0 Å². The summed E-state index contributed by atoms with van der Waals surface area (Å²) in [6.07, 6.45) is 0. The Morgan fingerprint density at radius 2 is 0.671 bits per heavy atom. The molecule has 0 fully saturated rings. The number of hydrogen-bond acceptors (Lipinski definition) is 10. The molecule has 8 nitrogen and oxygen atoms in total. The number of aromatic nitrogens is 2. The zero-order valence-corrected chi connectivity index (χ0v) is 41.8. The van der Waals surface area contributed by atoms with Crippen LogP contribution < -0.4 is 11.0 Å². The van der Waals surface area contributed by atoms with E-state index in [-0.39, 0.29) is 0 Å². The lowest BCUT2D eigenvalue weighted by Crippen LogP contribution is -2.43. The molecule has 2 aromatic heterocycles. The standard InChI is InChI=1S/C56H32N8S4.Al.ClH/c1-5-13-33(14-6-1)65-37-21-25-41-45(29-37)53-57-49(41)62-54-47-31-39(67-35-17-9-3-10-18-35)23-27-43(47)51(59-54)64-56-48-32-40(68-36-19-11-4-12-20-36)24-28-44(48)52(60-56)63-55-46-30-38(66-34-15-7-2-8-16-34)22-26-42(46)50(58-55)61-53;;/h1-32H;;1H/q-2;+3;/p-1. The minimum atomic E-state index is -3.02. The zero-order chi connectivity index (χ0) is 46.3. The van der Waals surface area contributed by atoms with Crippen molar-refractivity contribution in [1.29, 1.82) is 0 Å². The van der Waals surface area contributed by atoms with Gasteiger partial charge in [0.2, 0.25) is 0 Å². The summed E-state index contributed by atoms with van der Waals surface area (Å²) in [7, 11) is 8.31. The van der Waals surface area contributed by atoms with Crippen molar-refractivity contribution in [3.05, 3.63) is 227 Å². The fraction of sp³-hybridized carbons (Fsp3) is 0. The van der Waals surface area contributed by atoms with Gasteiger partial charge >= 0.3 is 13.7 Å². The molecular formula is C56H32AlClN8S4. The van der Waals surface area contributed by atoms with Gasteiger partial charge in [0, 0.05) is 83.0 Å². The second kappa shape index (κ2) is 17.3. The molecule has 0 spiro atoms. The van der Waals surface area contributed by atoms with Gasteiger partial charge in [-0.15, -0.1) is 0 Å². The molecule has 4 aliphatic rings. The van der Waals surface area contributed by atoms with Gasteiger partial charge in [-0.1, -0.05) is 120 Å². The highest BCUT2D eigenvalue weighted by molar-refractivity contribution is 8.00. The summed E-state index contributed by atoms with van der Waals surface area (Å²) in [6.45, 7) is 0. The quantitative estimate of drug-likeness (QED) is 0.142. The molecule has 6 heterocycles. The first kappa shape index (κ1) is 42.2. The Bertz CT molecular complexity index is 4080. The molecule has 8 aromatic carbocycles. The molecule has 330 valence electrons. The first-order valence-electron chi connectivity index (χ1n) is 22.5. The van der Waals surface area contributed by atoms with Crippen LogP contribution in [-0.4, -0.2) is 44.1 Å². The van der Waals surface area contributed by atoms with Gasteiger partial charge in [-0.3, -0.25) is 0 Å². The van der Waals surface area contributed by atoms with Crippen LogP contribution in [0.1, 0.15) is 22.3 Å². The summed E-state index contributed by atoms with van der Waals surface area (Å²) in [4.78, 5) is 41.8. The van der Waals surface area contributed by atoms with E-state index < -0.39 is 13.7 Å². The van der Waals surface area contributed by atoms with Crippen molar-refractivity contribution in [2.75, 3.05) is 0 Å². The van der Waals surface area contributed by atoms with Gasteiger partial charge in [-0.05, 0) is 121 Å². The second-order valence-corrected chi connectivity index (χ2v) is 24.2. The molecule has 6 bridgehead atoms. The fourth-order valence-electron chi connectivity index (χ4n) is 9.24. The molecular weight excluding hydrogens is 975 g/mol. The Hall–Kier alpha value is -6.66. The van der Waals surface area contributed by atoms with Crippen molar-refractivity contribution < 1.29 is 0 Å². The van der Waals surface area contributed by atoms with Crippen LogP contribution in [0.25, 0.3) is 21.5 Å². The zero-order valence-electron chi connectivity index (χ0n) is 36.6. The Morgan fingerprint density at radius 1 is 0.300 bits per heavy atom. The lowest BCUT2D eigenvalue weighted by atomic mass is 10.1. The maximum Gasteiger partial charge on any atom is 0.722 e. The van der Waals surface area contributed by atoms with Crippen LogP contribution in [0.15, 0.2) is 263 Å². The fourth-order valence-corrected chi connectivity index (χ4v) is 15.7. The van der Waals surface area contributed by atoms with Gasteiger partial charge in [0.15, 0.2) is 23.3 Å². The monoisotopic (exact) mass is 1010 g/mol. The van der Waals surface area contributed by atoms with Crippen molar-refractivity contribution in [3.63, 3.8) is 0 Å². The van der Waals surface area contributed by atoms with Crippen LogP contribution in [-0.2, 0) is 0 Å². The summed E-state index contributed by atoms with van der Waals surface area (Å²) in [6, 6.07) is 67.7. The average molecular weight is 1010 g/mol. The number of fused-ring (bicyclic) bond motifs is 14. The first-order chi connectivity index (χ1) is 34.5. The summed E-state index contributed by atoms with van der Waals surface area (Å²) in [5, 5.41) is 3.65. The highest BCUT2D eigenvalue weighted by Crippen LogP contribution is 2.45. The summed E-state index contributed by atoms with van der Waals surface area (Å²) >= 11 is 3.81. The van der Waals surface area contributed by atoms with Gasteiger partial charge < -0.3 is 7.10 Å². The van der Waals surface area contributed by atoms with Crippen molar-refractivity contribution in [2.24, 2.45) is 30.0 Å². The van der Waals surface area contributed by atoms with E-state index in [2.05, 4.69) is 177 Å². The van der Waals surface area contributed by atoms with Gasteiger partial charge in [0.25, 0.3) is 0 Å². The molecule has 70 heavy (non-hydrogen) atoms. The highest BCUT2D eigenvalue weighted by Gasteiger charge is 2.39. The van der Waals surface area contributed by atoms with E-state index in [0.717, 1.165) is 83.0 Å². The van der Waals surface area contributed by atoms with Crippen LogP contribution >= 0.6 is 57.1 Å². The average Bonchev–Trinajstić information content (AvgIpc) is 4.09. The number of benzene rings is 8. The number of aliphatic imine (C=N–C) groups is 4. The van der Waals surface area contributed by atoms with E-state index in [1.807, 2.05) is 24.3 Å². The Morgan fingerprint density at radius 3 is 1.17 bits per heavy atom.